The van der Waals surface area contributed by atoms with Crippen molar-refractivity contribution < 1.29 is 9.72 Å². The second-order valence-electron chi connectivity index (χ2n) is 4.46. The molecule has 1 aromatic carbocycles. The van der Waals surface area contributed by atoms with Gasteiger partial charge in [-0.1, -0.05) is 0 Å². The zero-order valence-corrected chi connectivity index (χ0v) is 11.0. The lowest BCUT2D eigenvalue weighted by Crippen LogP contribution is -1.90. The summed E-state index contributed by atoms with van der Waals surface area (Å²) in [4.78, 5) is 21.5. The lowest BCUT2D eigenvalue weighted by atomic mass is 10.1. The number of benzene rings is 1. The maximum Gasteiger partial charge on any atom is 0.270 e. The number of carbonyl (C=O) groups excluding carboxylic acids is 1. The first-order valence-electron chi connectivity index (χ1n) is 5.84. The molecule has 98 valence electrons. The number of non-ortho nitro benzene ring substituents is 1. The smallest absolute Gasteiger partial charge is 0.270 e. The van der Waals surface area contributed by atoms with E-state index in [2.05, 4.69) is 0 Å². The molecule has 0 amide bonds. The third-order valence-electron chi connectivity index (χ3n) is 3.22. The van der Waals surface area contributed by atoms with E-state index in [0.29, 0.717) is 0 Å². The molecular formula is C14H14N2O3. The second kappa shape index (κ2) is 4.68. The van der Waals surface area contributed by atoms with E-state index in [9.17, 15) is 14.9 Å². The fourth-order valence-electron chi connectivity index (χ4n) is 2.11. The first-order chi connectivity index (χ1) is 8.91. The molecule has 2 aromatic rings. The Hall–Kier alpha value is -2.43. The van der Waals surface area contributed by atoms with Gasteiger partial charge in [0.25, 0.3) is 5.69 Å². The van der Waals surface area contributed by atoms with Crippen molar-refractivity contribution in [2.75, 3.05) is 0 Å². The topological polar surface area (TPSA) is 65.1 Å². The number of carbonyl (C=O) groups is 1. The van der Waals surface area contributed by atoms with Gasteiger partial charge in [0.15, 0.2) is 5.78 Å². The van der Waals surface area contributed by atoms with Gasteiger partial charge in [0.2, 0.25) is 0 Å². The van der Waals surface area contributed by atoms with Crippen LogP contribution in [0.15, 0.2) is 24.3 Å². The Kier molecular flexibility index (Phi) is 3.21. The number of hydrogen-bond donors (Lipinski definition) is 0. The number of hydrogen-bond acceptors (Lipinski definition) is 3. The predicted octanol–water partition coefficient (Wildman–Crippen LogP) is 3.00. The fourth-order valence-corrected chi connectivity index (χ4v) is 2.11. The van der Waals surface area contributed by atoms with Crippen LogP contribution in [0.25, 0.3) is 17.0 Å². The molecule has 1 heterocycles. The van der Waals surface area contributed by atoms with Crippen LogP contribution in [0.2, 0.25) is 0 Å². The van der Waals surface area contributed by atoms with E-state index in [-0.39, 0.29) is 11.5 Å². The van der Waals surface area contributed by atoms with Gasteiger partial charge in [-0.05, 0) is 32.1 Å². The average Bonchev–Trinajstić information content (AvgIpc) is 2.59. The van der Waals surface area contributed by atoms with E-state index in [0.717, 1.165) is 22.2 Å². The van der Waals surface area contributed by atoms with Crippen molar-refractivity contribution in [1.82, 2.24) is 4.57 Å². The van der Waals surface area contributed by atoms with Gasteiger partial charge in [-0.3, -0.25) is 14.9 Å². The number of rotatable bonds is 3. The molecule has 19 heavy (non-hydrogen) atoms. The molecule has 0 aliphatic heterocycles. The molecule has 0 aliphatic carbocycles. The summed E-state index contributed by atoms with van der Waals surface area (Å²) in [6, 6.07) is 4.76. The van der Waals surface area contributed by atoms with Crippen molar-refractivity contribution in [3.8, 4) is 0 Å². The highest BCUT2D eigenvalue weighted by Gasteiger charge is 2.14. The number of ketones is 1. The third-order valence-corrected chi connectivity index (χ3v) is 3.22. The first-order valence-corrected chi connectivity index (χ1v) is 5.84. The van der Waals surface area contributed by atoms with Crippen LogP contribution in [-0.2, 0) is 11.8 Å². The molecule has 0 N–H and O–H groups in total. The summed E-state index contributed by atoms with van der Waals surface area (Å²) >= 11 is 0. The molecule has 0 atom stereocenters. The number of aryl methyl sites for hydroxylation is 1. The summed E-state index contributed by atoms with van der Waals surface area (Å²) in [5.74, 6) is -0.0539. The minimum atomic E-state index is -0.416. The fraction of sp³-hybridized carbons (Fsp3) is 0.214. The number of aromatic nitrogens is 1. The van der Waals surface area contributed by atoms with Crippen LogP contribution in [0, 0.1) is 17.0 Å². The Morgan fingerprint density at radius 2 is 2.11 bits per heavy atom. The molecule has 0 saturated carbocycles. The van der Waals surface area contributed by atoms with Gasteiger partial charge >= 0.3 is 0 Å². The number of nitro groups is 1. The molecular weight excluding hydrogens is 244 g/mol. The summed E-state index contributed by atoms with van der Waals surface area (Å²) in [5.41, 5.74) is 2.77. The van der Waals surface area contributed by atoms with Gasteiger partial charge in [0, 0.05) is 41.3 Å². The molecule has 0 fully saturated rings. The monoisotopic (exact) mass is 258 g/mol. The van der Waals surface area contributed by atoms with Crippen molar-refractivity contribution >= 4 is 28.4 Å². The Bertz CT molecular complexity index is 711. The Morgan fingerprint density at radius 3 is 2.68 bits per heavy atom. The molecule has 0 radical (unpaired) electrons. The standard InChI is InChI=1S/C14H14N2O3/c1-9(17)4-6-12-10(2)15(3)14-7-5-11(16(18)19)8-13(12)14/h4-8H,1-3H3/b6-4+. The maximum atomic E-state index is 11.0. The molecule has 0 aliphatic rings. The van der Waals surface area contributed by atoms with Gasteiger partial charge in [-0.2, -0.15) is 0 Å². The number of nitro benzene ring substituents is 1. The molecule has 5 nitrogen and oxygen atoms in total. The largest absolute Gasteiger partial charge is 0.347 e. The maximum absolute atomic E-state index is 11.0. The summed E-state index contributed by atoms with van der Waals surface area (Å²) in [6.45, 7) is 3.39. The van der Waals surface area contributed by atoms with Gasteiger partial charge in [-0.25, -0.2) is 0 Å². The van der Waals surface area contributed by atoms with Crippen molar-refractivity contribution in [2.24, 2.45) is 7.05 Å². The highest BCUT2D eigenvalue weighted by molar-refractivity contribution is 5.98. The molecule has 0 bridgehead atoms. The molecule has 1 aromatic heterocycles. The van der Waals surface area contributed by atoms with Crippen molar-refractivity contribution in [1.29, 1.82) is 0 Å². The van der Waals surface area contributed by atoms with E-state index in [1.807, 2.05) is 18.5 Å². The van der Waals surface area contributed by atoms with E-state index >= 15 is 0 Å². The number of fused-ring (bicyclic) bond motifs is 1. The summed E-state index contributed by atoms with van der Waals surface area (Å²) < 4.78 is 1.96. The Labute approximate surface area is 110 Å². The van der Waals surface area contributed by atoms with Crippen molar-refractivity contribution in [2.45, 2.75) is 13.8 Å². The summed E-state index contributed by atoms with van der Waals surface area (Å²) in [7, 11) is 1.90. The summed E-state index contributed by atoms with van der Waals surface area (Å²) in [5, 5.41) is 11.6. The molecule has 0 spiro atoms. The first kappa shape index (κ1) is 13.0. The van der Waals surface area contributed by atoms with Crippen LogP contribution in [0.3, 0.4) is 0 Å². The van der Waals surface area contributed by atoms with E-state index in [4.69, 9.17) is 0 Å². The van der Waals surface area contributed by atoms with Crippen LogP contribution < -0.4 is 0 Å². The van der Waals surface area contributed by atoms with E-state index in [1.165, 1.54) is 19.1 Å². The van der Waals surface area contributed by atoms with E-state index in [1.54, 1.807) is 18.2 Å². The second-order valence-corrected chi connectivity index (χ2v) is 4.46. The van der Waals surface area contributed by atoms with Crippen LogP contribution >= 0.6 is 0 Å². The highest BCUT2D eigenvalue weighted by atomic mass is 16.6. The lowest BCUT2D eigenvalue weighted by molar-refractivity contribution is -0.384. The van der Waals surface area contributed by atoms with Gasteiger partial charge < -0.3 is 4.57 Å². The van der Waals surface area contributed by atoms with Crippen LogP contribution in [0.5, 0.6) is 0 Å². The quantitative estimate of drug-likeness (QED) is 0.483. The molecule has 2 rings (SSSR count). The zero-order chi connectivity index (χ0) is 14.2. The van der Waals surface area contributed by atoms with Crippen LogP contribution in [0.1, 0.15) is 18.2 Å². The van der Waals surface area contributed by atoms with Crippen molar-refractivity contribution in [3.63, 3.8) is 0 Å². The molecule has 0 saturated heterocycles. The van der Waals surface area contributed by atoms with Crippen LogP contribution in [0.4, 0.5) is 5.69 Å². The minimum absolute atomic E-state index is 0.0515. The number of nitrogens with zero attached hydrogens (tertiary/aromatic N) is 2. The van der Waals surface area contributed by atoms with E-state index < -0.39 is 4.92 Å². The summed E-state index contributed by atoms with van der Waals surface area (Å²) in [6.07, 6.45) is 3.18. The van der Waals surface area contributed by atoms with Crippen LogP contribution in [-0.4, -0.2) is 15.3 Å². The SMILES string of the molecule is CC(=O)/C=C/c1c(C)n(C)c2ccc([N+](=O)[O-])cc12. The Balaban J connectivity index is 2.73. The van der Waals surface area contributed by atoms with Gasteiger partial charge in [0.05, 0.1) is 4.92 Å². The van der Waals surface area contributed by atoms with Crippen molar-refractivity contribution in [3.05, 3.63) is 45.6 Å². The average molecular weight is 258 g/mol. The molecule has 0 unspecified atom stereocenters. The van der Waals surface area contributed by atoms with Gasteiger partial charge in [0.1, 0.15) is 0 Å². The normalized spacial score (nSPS) is 11.3. The zero-order valence-electron chi connectivity index (χ0n) is 11.0. The van der Waals surface area contributed by atoms with Gasteiger partial charge in [-0.15, -0.1) is 0 Å². The lowest BCUT2D eigenvalue weighted by Gasteiger charge is -1.97. The third kappa shape index (κ3) is 2.27. The predicted molar refractivity (Wildman–Crippen MR) is 74.0 cm³/mol. The minimum Gasteiger partial charge on any atom is -0.347 e. The highest BCUT2D eigenvalue weighted by Crippen LogP contribution is 2.29. The number of allylic oxidation sites excluding steroid dienone is 1. The molecule has 5 heteroatoms. The Morgan fingerprint density at radius 1 is 1.42 bits per heavy atom.